The lowest BCUT2D eigenvalue weighted by Gasteiger charge is -1.99. The number of phenolic OH excluding ortho intramolecular Hbond substituents is 1. The number of nitrogens with two attached hydrogens (primary N) is 1. The molecule has 1 rings (SSSR count). The van der Waals surface area contributed by atoms with Crippen molar-refractivity contribution < 1.29 is 9.90 Å². The van der Waals surface area contributed by atoms with E-state index < -0.39 is 5.91 Å². The molecule has 0 saturated heterocycles. The second-order valence-electron chi connectivity index (χ2n) is 2.37. The van der Waals surface area contributed by atoms with E-state index in [-0.39, 0.29) is 5.75 Å². The van der Waals surface area contributed by atoms with Crippen molar-refractivity contribution in [2.75, 3.05) is 0 Å². The highest BCUT2D eigenvalue weighted by Gasteiger charge is 2.01. The number of carbonyl (C=O) groups is 1. The Balaban J connectivity index is 3.15. The monoisotopic (exact) mass is 149 g/mol. The van der Waals surface area contributed by atoms with Gasteiger partial charge in [-0.25, -0.2) is 0 Å². The molecule has 0 unspecified atom stereocenters. The molecular weight excluding hydrogens is 141 g/mol. The molecule has 0 aromatic heterocycles. The Hall–Kier alpha value is -1.45. The van der Waals surface area contributed by atoms with Crippen LogP contribution in [0.4, 0.5) is 0 Å². The van der Waals surface area contributed by atoms with Crippen molar-refractivity contribution >= 4 is 19.2 Å². The number of primary amides is 1. The van der Waals surface area contributed by atoms with Crippen LogP contribution >= 0.6 is 0 Å². The first kappa shape index (κ1) is 7.66. The van der Waals surface area contributed by atoms with Gasteiger partial charge in [0.15, 0.2) is 0 Å². The average molecular weight is 149 g/mol. The fourth-order valence-corrected chi connectivity index (χ4v) is 0.809. The third-order valence-electron chi connectivity index (χ3n) is 1.48. The molecule has 0 aliphatic heterocycles. The fraction of sp³-hybridized carbons (Fsp3) is 0. The maximum absolute atomic E-state index is 10.6. The van der Waals surface area contributed by atoms with E-state index in [1.165, 1.54) is 12.1 Å². The zero-order valence-electron chi connectivity index (χ0n) is 6.16. The second kappa shape index (κ2) is 2.66. The molecule has 0 fully saturated rings. The Morgan fingerprint density at radius 1 is 1.55 bits per heavy atom. The number of benzene rings is 1. The van der Waals surface area contributed by atoms with Gasteiger partial charge >= 0.3 is 0 Å². The lowest BCUT2D eigenvalue weighted by molar-refractivity contribution is 0.100. The number of phenols is 1. The van der Waals surface area contributed by atoms with Crippen LogP contribution in [0.15, 0.2) is 18.2 Å². The van der Waals surface area contributed by atoms with E-state index in [1.807, 2.05) is 0 Å². The topological polar surface area (TPSA) is 63.3 Å². The van der Waals surface area contributed by atoms with E-state index in [1.54, 1.807) is 13.9 Å². The molecule has 0 aliphatic rings. The van der Waals surface area contributed by atoms with Crippen LogP contribution in [0.3, 0.4) is 0 Å². The standard InChI is InChI=1S/C7H8BNO2/c8-5-3-4(7(9)11)1-2-6(5)10/h1-3,10H,8H2,(H2,9,11). The molecule has 0 spiro atoms. The Labute approximate surface area is 65.2 Å². The van der Waals surface area contributed by atoms with Crippen LogP contribution in [0.25, 0.3) is 0 Å². The van der Waals surface area contributed by atoms with E-state index in [9.17, 15) is 4.79 Å². The lowest BCUT2D eigenvalue weighted by atomic mass is 9.93. The second-order valence-corrected chi connectivity index (χ2v) is 2.37. The molecule has 3 nitrogen and oxygen atoms in total. The van der Waals surface area contributed by atoms with Crippen LogP contribution in [-0.4, -0.2) is 18.9 Å². The van der Waals surface area contributed by atoms with Crippen LogP contribution in [0.1, 0.15) is 10.4 Å². The normalized spacial score (nSPS) is 9.45. The van der Waals surface area contributed by atoms with Gasteiger partial charge in [-0.05, 0) is 17.6 Å². The molecule has 11 heavy (non-hydrogen) atoms. The Bertz CT molecular complexity index is 298. The Kier molecular flexibility index (Phi) is 1.85. The summed E-state index contributed by atoms with van der Waals surface area (Å²) >= 11 is 0. The van der Waals surface area contributed by atoms with Crippen molar-refractivity contribution in [2.24, 2.45) is 5.73 Å². The van der Waals surface area contributed by atoms with Crippen LogP contribution in [-0.2, 0) is 0 Å². The van der Waals surface area contributed by atoms with Crippen molar-refractivity contribution in [1.29, 1.82) is 0 Å². The minimum absolute atomic E-state index is 0.176. The summed E-state index contributed by atoms with van der Waals surface area (Å²) in [5, 5.41) is 9.07. The van der Waals surface area contributed by atoms with E-state index >= 15 is 0 Å². The van der Waals surface area contributed by atoms with Gasteiger partial charge in [0.2, 0.25) is 5.91 Å². The highest BCUT2D eigenvalue weighted by molar-refractivity contribution is 6.34. The van der Waals surface area contributed by atoms with Gasteiger partial charge in [-0.1, -0.05) is 6.07 Å². The van der Waals surface area contributed by atoms with Crippen molar-refractivity contribution in [3.63, 3.8) is 0 Å². The van der Waals surface area contributed by atoms with Crippen molar-refractivity contribution in [3.8, 4) is 5.75 Å². The zero-order chi connectivity index (χ0) is 8.43. The van der Waals surface area contributed by atoms with E-state index in [0.717, 1.165) is 0 Å². The van der Waals surface area contributed by atoms with Gasteiger partial charge in [0.1, 0.15) is 13.6 Å². The molecule has 0 heterocycles. The fourth-order valence-electron chi connectivity index (χ4n) is 0.809. The molecule has 56 valence electrons. The molecule has 4 heteroatoms. The molecule has 0 saturated carbocycles. The number of amides is 1. The first-order chi connectivity index (χ1) is 5.11. The van der Waals surface area contributed by atoms with Gasteiger partial charge in [0.25, 0.3) is 0 Å². The van der Waals surface area contributed by atoms with E-state index in [2.05, 4.69) is 0 Å². The minimum atomic E-state index is -0.479. The summed E-state index contributed by atoms with van der Waals surface area (Å²) < 4.78 is 0. The number of hydrogen-bond donors (Lipinski definition) is 2. The highest BCUT2D eigenvalue weighted by Crippen LogP contribution is 2.04. The first-order valence-electron chi connectivity index (χ1n) is 3.20. The third kappa shape index (κ3) is 1.52. The number of aromatic hydroxyl groups is 1. The van der Waals surface area contributed by atoms with Crippen molar-refractivity contribution in [3.05, 3.63) is 23.8 Å². The molecular formula is C7H8BNO2. The average Bonchev–Trinajstić information content (AvgIpc) is 1.94. The van der Waals surface area contributed by atoms with Gasteiger partial charge in [-0.3, -0.25) is 4.79 Å². The predicted molar refractivity (Wildman–Crippen MR) is 44.8 cm³/mol. The molecule has 0 radical (unpaired) electrons. The largest absolute Gasteiger partial charge is 0.509 e. The molecule has 0 bridgehead atoms. The molecule has 0 atom stereocenters. The Morgan fingerprint density at radius 2 is 2.18 bits per heavy atom. The first-order valence-corrected chi connectivity index (χ1v) is 3.20. The van der Waals surface area contributed by atoms with Crippen molar-refractivity contribution in [1.82, 2.24) is 0 Å². The van der Waals surface area contributed by atoms with Crippen LogP contribution in [0, 0.1) is 0 Å². The lowest BCUT2D eigenvalue weighted by Crippen LogP contribution is -2.14. The predicted octanol–water partition coefficient (Wildman–Crippen LogP) is -1.25. The smallest absolute Gasteiger partial charge is 0.248 e. The summed E-state index contributed by atoms with van der Waals surface area (Å²) in [5.41, 5.74) is 6.08. The number of hydrogen-bond acceptors (Lipinski definition) is 2. The maximum atomic E-state index is 10.6. The molecule has 0 aliphatic carbocycles. The quantitative estimate of drug-likeness (QED) is 0.490. The number of rotatable bonds is 1. The van der Waals surface area contributed by atoms with Gasteiger partial charge in [-0.2, -0.15) is 0 Å². The van der Waals surface area contributed by atoms with Crippen LogP contribution in [0.5, 0.6) is 5.75 Å². The summed E-state index contributed by atoms with van der Waals surface area (Å²) in [6.07, 6.45) is 0. The third-order valence-corrected chi connectivity index (χ3v) is 1.48. The van der Waals surface area contributed by atoms with Gasteiger partial charge in [-0.15, -0.1) is 0 Å². The summed E-state index contributed by atoms with van der Waals surface area (Å²) in [7, 11) is 1.71. The Morgan fingerprint density at radius 3 is 2.64 bits per heavy atom. The summed E-state index contributed by atoms with van der Waals surface area (Å²) in [5.74, 6) is -0.303. The van der Waals surface area contributed by atoms with Gasteiger partial charge in [0.05, 0.1) is 0 Å². The van der Waals surface area contributed by atoms with E-state index in [4.69, 9.17) is 10.8 Å². The molecule has 1 amide bonds. The molecule has 1 aromatic rings. The van der Waals surface area contributed by atoms with Gasteiger partial charge in [0, 0.05) is 5.56 Å². The van der Waals surface area contributed by atoms with Crippen molar-refractivity contribution in [2.45, 2.75) is 0 Å². The van der Waals surface area contributed by atoms with Gasteiger partial charge < -0.3 is 10.8 Å². The molecule has 1 aromatic carbocycles. The van der Waals surface area contributed by atoms with Crippen LogP contribution < -0.4 is 11.2 Å². The van der Waals surface area contributed by atoms with Crippen LogP contribution in [0.2, 0.25) is 0 Å². The number of carbonyl (C=O) groups excluding carboxylic acids is 1. The SMILES string of the molecule is Bc1cc(C(N)=O)ccc1O. The van der Waals surface area contributed by atoms with E-state index in [0.29, 0.717) is 11.0 Å². The highest BCUT2D eigenvalue weighted by atomic mass is 16.3. The summed E-state index contributed by atoms with van der Waals surface area (Å²) in [6.45, 7) is 0. The molecule has 3 N–H and O–H groups in total. The minimum Gasteiger partial charge on any atom is -0.509 e. The maximum Gasteiger partial charge on any atom is 0.248 e. The summed E-state index contributed by atoms with van der Waals surface area (Å²) in [6, 6.07) is 4.50. The zero-order valence-corrected chi connectivity index (χ0v) is 6.16. The summed E-state index contributed by atoms with van der Waals surface area (Å²) in [4.78, 5) is 10.6.